The van der Waals surface area contributed by atoms with Gasteiger partial charge in [0.2, 0.25) is 11.8 Å². The highest BCUT2D eigenvalue weighted by molar-refractivity contribution is 8.02. The van der Waals surface area contributed by atoms with Gasteiger partial charge in [-0.05, 0) is 71.8 Å². The van der Waals surface area contributed by atoms with Crippen LogP contribution in [-0.2, 0) is 9.59 Å². The van der Waals surface area contributed by atoms with Crippen molar-refractivity contribution in [3.05, 3.63) is 94.0 Å². The average Bonchev–Trinajstić information content (AvgIpc) is 3.65. The van der Waals surface area contributed by atoms with E-state index in [0.717, 1.165) is 20.4 Å². The van der Waals surface area contributed by atoms with Crippen LogP contribution in [0.4, 0.5) is 11.4 Å². The van der Waals surface area contributed by atoms with Gasteiger partial charge in [0.1, 0.15) is 0 Å². The summed E-state index contributed by atoms with van der Waals surface area (Å²) in [5, 5.41) is 26.2. The minimum Gasteiger partial charge on any atom is -0.478 e. The first-order valence-corrected chi connectivity index (χ1v) is 18.1. The molecule has 2 amide bonds. The number of thioether (sulfide) groups is 2. The number of fused-ring (bicyclic) bond motifs is 2. The lowest BCUT2D eigenvalue weighted by Crippen LogP contribution is -2.17. The zero-order valence-corrected chi connectivity index (χ0v) is 28.9. The lowest BCUT2D eigenvalue weighted by atomic mass is 9.99. The molecule has 0 aliphatic carbocycles. The van der Waals surface area contributed by atoms with Crippen LogP contribution in [0.1, 0.15) is 20.7 Å². The number of nitrogens with zero attached hydrogens (tertiary/aromatic N) is 2. The largest absolute Gasteiger partial charge is 0.478 e. The standard InChI is InChI=1S/C32H20Cl2N4O6S4/c33-17-3-7-25-23(11-17)37-31(47-25)45-13-27(39)35-21-5-1-15(9-19(21)29(41)42)16-2-6-22(20(10-16)30(43)44)36-28(40)14-46-32-38-24-12-18(34)4-8-26(24)48-32/h1-12H,13-14H2,(H,35,39)(H,36,40)(H,41,42)(H,43,44). The number of halogens is 2. The van der Waals surface area contributed by atoms with E-state index in [2.05, 4.69) is 20.6 Å². The van der Waals surface area contributed by atoms with E-state index in [9.17, 15) is 29.4 Å². The monoisotopic (exact) mass is 754 g/mol. The molecular weight excluding hydrogens is 736 g/mol. The normalized spacial score (nSPS) is 11.1. The van der Waals surface area contributed by atoms with Gasteiger partial charge in [0.15, 0.2) is 8.68 Å². The van der Waals surface area contributed by atoms with E-state index in [-0.39, 0.29) is 34.0 Å². The maximum atomic E-state index is 12.7. The van der Waals surface area contributed by atoms with Crippen molar-refractivity contribution in [2.75, 3.05) is 22.1 Å². The Balaban J connectivity index is 1.12. The Bertz CT molecular complexity index is 2100. The number of aromatic nitrogens is 2. The van der Waals surface area contributed by atoms with E-state index < -0.39 is 23.8 Å². The molecule has 0 aliphatic heterocycles. The topological polar surface area (TPSA) is 159 Å². The molecule has 0 aliphatic rings. The quantitative estimate of drug-likeness (QED) is 0.0943. The molecular formula is C32H20Cl2N4O6S4. The van der Waals surface area contributed by atoms with Gasteiger partial charge in [-0.3, -0.25) is 9.59 Å². The van der Waals surface area contributed by atoms with E-state index in [1.807, 2.05) is 12.1 Å². The van der Waals surface area contributed by atoms with E-state index in [0.29, 0.717) is 29.9 Å². The Morgan fingerprint density at radius 1 is 0.625 bits per heavy atom. The van der Waals surface area contributed by atoms with Crippen molar-refractivity contribution in [1.29, 1.82) is 0 Å². The first kappa shape index (κ1) is 33.7. The summed E-state index contributed by atoms with van der Waals surface area (Å²) < 4.78 is 3.20. The number of thiazole rings is 2. The van der Waals surface area contributed by atoms with E-state index in [1.165, 1.54) is 70.5 Å². The molecule has 4 N–H and O–H groups in total. The molecule has 0 spiro atoms. The van der Waals surface area contributed by atoms with Crippen LogP contribution in [0.3, 0.4) is 0 Å². The van der Waals surface area contributed by atoms with Crippen molar-refractivity contribution in [3.63, 3.8) is 0 Å². The highest BCUT2D eigenvalue weighted by Gasteiger charge is 2.19. The SMILES string of the molecule is O=C(CSc1nc2cc(Cl)ccc2s1)Nc1ccc(-c2ccc(NC(=O)CSc3nc4cc(Cl)ccc4s3)c(C(=O)O)c2)cc1C(=O)O. The smallest absolute Gasteiger partial charge is 0.337 e. The molecule has 0 atom stereocenters. The van der Waals surface area contributed by atoms with Crippen molar-refractivity contribution in [2.45, 2.75) is 8.68 Å². The highest BCUT2D eigenvalue weighted by Crippen LogP contribution is 2.34. The number of anilines is 2. The van der Waals surface area contributed by atoms with Crippen molar-refractivity contribution in [2.24, 2.45) is 0 Å². The predicted octanol–water partition coefficient (Wildman–Crippen LogP) is 8.74. The summed E-state index contributed by atoms with van der Waals surface area (Å²) in [5.74, 6) is -3.41. The average molecular weight is 756 g/mol. The number of benzene rings is 4. The summed E-state index contributed by atoms with van der Waals surface area (Å²) in [6.07, 6.45) is 0. The van der Waals surface area contributed by atoms with Gasteiger partial charge in [-0.1, -0.05) is 58.9 Å². The lowest BCUT2D eigenvalue weighted by Gasteiger charge is -2.13. The molecule has 0 radical (unpaired) electrons. The molecule has 0 fully saturated rings. The maximum absolute atomic E-state index is 12.7. The Labute approximate surface area is 298 Å². The van der Waals surface area contributed by atoms with Crippen LogP contribution in [0.5, 0.6) is 0 Å². The number of carbonyl (C=O) groups excluding carboxylic acids is 2. The van der Waals surface area contributed by atoms with Gasteiger partial charge >= 0.3 is 11.9 Å². The number of rotatable bonds is 11. The summed E-state index contributed by atoms with van der Waals surface area (Å²) in [6.45, 7) is 0. The zero-order valence-electron chi connectivity index (χ0n) is 24.2. The number of hydrogen-bond donors (Lipinski definition) is 4. The van der Waals surface area contributed by atoms with Gasteiger partial charge in [0, 0.05) is 10.0 Å². The van der Waals surface area contributed by atoms with Gasteiger partial charge in [0.05, 0.1) is 54.4 Å². The molecule has 0 unspecified atom stereocenters. The molecule has 16 heteroatoms. The summed E-state index contributed by atoms with van der Waals surface area (Å²) in [4.78, 5) is 58.7. The molecule has 0 saturated carbocycles. The number of aromatic carboxylic acids is 2. The number of carbonyl (C=O) groups is 4. The fraction of sp³-hybridized carbons (Fsp3) is 0.0625. The molecule has 6 aromatic rings. The number of carboxylic acid groups (broad SMARTS) is 2. The number of hydrogen-bond acceptors (Lipinski definition) is 10. The number of carboxylic acids is 2. The Morgan fingerprint density at radius 3 is 1.44 bits per heavy atom. The minimum atomic E-state index is -1.28. The fourth-order valence-corrected chi connectivity index (χ4v) is 8.56. The summed E-state index contributed by atoms with van der Waals surface area (Å²) in [7, 11) is 0. The molecule has 242 valence electrons. The number of nitrogens with one attached hydrogen (secondary N) is 2. The highest BCUT2D eigenvalue weighted by atomic mass is 35.5. The van der Waals surface area contributed by atoms with E-state index in [1.54, 1.807) is 36.4 Å². The second-order valence-corrected chi connectivity index (χ2v) is 15.4. The van der Waals surface area contributed by atoms with Gasteiger partial charge in [-0.15, -0.1) is 22.7 Å². The van der Waals surface area contributed by atoms with Gasteiger partial charge < -0.3 is 20.8 Å². The van der Waals surface area contributed by atoms with Crippen molar-refractivity contribution >= 4 is 125 Å². The molecule has 10 nitrogen and oxygen atoms in total. The first-order valence-electron chi connectivity index (χ1n) is 13.7. The molecule has 48 heavy (non-hydrogen) atoms. The van der Waals surface area contributed by atoms with Crippen molar-refractivity contribution in [1.82, 2.24) is 9.97 Å². The number of amides is 2. The molecule has 0 bridgehead atoms. The van der Waals surface area contributed by atoms with Crippen LogP contribution in [0.15, 0.2) is 81.5 Å². The van der Waals surface area contributed by atoms with Gasteiger partial charge in [-0.25, -0.2) is 19.6 Å². The molecule has 6 rings (SSSR count). The molecule has 2 aromatic heterocycles. The van der Waals surface area contributed by atoms with Gasteiger partial charge in [-0.2, -0.15) is 0 Å². The van der Waals surface area contributed by atoms with Crippen LogP contribution >= 0.6 is 69.4 Å². The van der Waals surface area contributed by atoms with E-state index in [4.69, 9.17) is 23.2 Å². The molecule has 2 heterocycles. The summed E-state index contributed by atoms with van der Waals surface area (Å²) in [5.41, 5.74) is 2.08. The maximum Gasteiger partial charge on any atom is 0.337 e. The Kier molecular flexibility index (Phi) is 10.2. The zero-order chi connectivity index (χ0) is 33.9. The first-order chi connectivity index (χ1) is 23.0. The lowest BCUT2D eigenvalue weighted by molar-refractivity contribution is -0.114. The molecule has 0 saturated heterocycles. The van der Waals surface area contributed by atoms with Crippen LogP contribution in [0.25, 0.3) is 31.6 Å². The minimum absolute atomic E-state index is 0.00248. The van der Waals surface area contributed by atoms with Crippen LogP contribution in [-0.4, -0.2) is 55.4 Å². The van der Waals surface area contributed by atoms with Crippen LogP contribution in [0, 0.1) is 0 Å². The van der Waals surface area contributed by atoms with Crippen LogP contribution < -0.4 is 10.6 Å². The van der Waals surface area contributed by atoms with Crippen molar-refractivity contribution < 1.29 is 29.4 Å². The third-order valence-corrected chi connectivity index (χ3v) is 11.5. The second-order valence-electron chi connectivity index (χ2n) is 9.99. The van der Waals surface area contributed by atoms with Gasteiger partial charge in [0.25, 0.3) is 0 Å². The second kappa shape index (κ2) is 14.5. The van der Waals surface area contributed by atoms with Crippen LogP contribution in [0.2, 0.25) is 10.0 Å². The Morgan fingerprint density at radius 2 is 1.04 bits per heavy atom. The summed E-state index contributed by atoms with van der Waals surface area (Å²) >= 11 is 17.3. The van der Waals surface area contributed by atoms with E-state index >= 15 is 0 Å². The third-order valence-electron chi connectivity index (χ3n) is 6.69. The predicted molar refractivity (Wildman–Crippen MR) is 194 cm³/mol. The summed E-state index contributed by atoms with van der Waals surface area (Å²) in [6, 6.07) is 19.5. The molecule has 4 aromatic carbocycles. The Hall–Kier alpha value is -4.18. The fourth-order valence-electron chi connectivity index (χ4n) is 4.53. The van der Waals surface area contributed by atoms with Crippen molar-refractivity contribution in [3.8, 4) is 11.1 Å². The third kappa shape index (κ3) is 7.92.